The van der Waals surface area contributed by atoms with Crippen molar-refractivity contribution < 1.29 is 15.0 Å². The highest BCUT2D eigenvalue weighted by Gasteiger charge is 2.35. The first kappa shape index (κ1) is 20.4. The summed E-state index contributed by atoms with van der Waals surface area (Å²) < 4.78 is 0. The van der Waals surface area contributed by atoms with Gasteiger partial charge in [0.2, 0.25) is 0 Å². The molecule has 0 aromatic heterocycles. The molecular weight excluding hydrogens is 346 g/mol. The molecule has 0 bridgehead atoms. The number of allylic oxidation sites excluding steroid dienone is 1. The molecule has 0 radical (unpaired) electrons. The van der Waals surface area contributed by atoms with Crippen molar-refractivity contribution in [1.82, 2.24) is 9.80 Å². The van der Waals surface area contributed by atoms with Crippen molar-refractivity contribution in [2.24, 2.45) is 17.2 Å². The molecule has 0 spiro atoms. The summed E-state index contributed by atoms with van der Waals surface area (Å²) in [6.07, 6.45) is 1.63. The van der Waals surface area contributed by atoms with E-state index in [0.29, 0.717) is 36.6 Å². The van der Waals surface area contributed by atoms with E-state index in [4.69, 9.17) is 17.2 Å². The van der Waals surface area contributed by atoms with Crippen LogP contribution in [0.4, 0.5) is 0 Å². The number of nitrogens with two attached hydrogens (primary N) is 3. The van der Waals surface area contributed by atoms with Crippen LogP contribution >= 0.6 is 0 Å². The first-order valence-electron chi connectivity index (χ1n) is 8.81. The van der Waals surface area contributed by atoms with E-state index in [1.54, 1.807) is 35.2 Å². The maximum atomic E-state index is 12.4. The Bertz CT molecular complexity index is 763. The molecule has 27 heavy (non-hydrogen) atoms. The summed E-state index contributed by atoms with van der Waals surface area (Å²) in [5.74, 6) is -0.150. The van der Waals surface area contributed by atoms with Crippen molar-refractivity contribution in [2.75, 3.05) is 19.6 Å². The van der Waals surface area contributed by atoms with E-state index in [1.807, 2.05) is 11.8 Å². The van der Waals surface area contributed by atoms with Crippen LogP contribution in [0, 0.1) is 0 Å². The Balaban J connectivity index is 2.23. The van der Waals surface area contributed by atoms with E-state index < -0.39 is 5.60 Å². The van der Waals surface area contributed by atoms with Gasteiger partial charge < -0.3 is 37.2 Å². The van der Waals surface area contributed by atoms with Crippen molar-refractivity contribution in [3.05, 3.63) is 47.4 Å². The smallest absolute Gasteiger partial charge is 0.254 e. The number of hydrogen-bond acceptors (Lipinski definition) is 7. The number of rotatable bonds is 4. The second-order valence-corrected chi connectivity index (χ2v) is 7.31. The molecule has 1 unspecified atom stereocenters. The van der Waals surface area contributed by atoms with Gasteiger partial charge in [-0.1, -0.05) is 12.1 Å². The van der Waals surface area contributed by atoms with Gasteiger partial charge in [0, 0.05) is 36.9 Å². The first-order chi connectivity index (χ1) is 12.5. The zero-order valence-corrected chi connectivity index (χ0v) is 16.0. The topological polar surface area (TPSA) is 142 Å². The summed E-state index contributed by atoms with van der Waals surface area (Å²) in [6.45, 7) is 6.26. The van der Waals surface area contributed by atoms with Gasteiger partial charge in [0.05, 0.1) is 5.70 Å². The predicted octanol–water partition coefficient (Wildman–Crippen LogP) is 0.0819. The molecule has 1 aromatic rings. The lowest BCUT2D eigenvalue weighted by Gasteiger charge is -2.43. The van der Waals surface area contributed by atoms with Gasteiger partial charge in [-0.05, 0) is 39.0 Å². The van der Waals surface area contributed by atoms with Gasteiger partial charge in [0.15, 0.2) is 0 Å². The molecule has 1 atom stereocenters. The standard InChI is InChI=1S/C19H29N5O3/c1-12-11-23(8-9-24(12)18(26)19(2,3)27)15(17(21)22)10-14(20)13-6-4-5-7-16(13)25/h4-7,10,12,25,27H,8-9,11,20-22H2,1-3H3/b14-10-. The molecule has 1 aromatic carbocycles. The summed E-state index contributed by atoms with van der Waals surface area (Å²) in [6, 6.07) is 6.59. The molecule has 1 heterocycles. The molecular formula is C19H29N5O3. The Morgan fingerprint density at radius 3 is 2.37 bits per heavy atom. The number of carbonyl (C=O) groups is 1. The quantitative estimate of drug-likeness (QED) is 0.469. The third kappa shape index (κ3) is 4.65. The van der Waals surface area contributed by atoms with Gasteiger partial charge in [-0.3, -0.25) is 4.79 Å². The highest BCUT2D eigenvalue weighted by atomic mass is 16.3. The third-order valence-electron chi connectivity index (χ3n) is 4.56. The normalized spacial score (nSPS) is 18.4. The van der Waals surface area contributed by atoms with Gasteiger partial charge >= 0.3 is 0 Å². The second kappa shape index (κ2) is 7.79. The Kier molecular flexibility index (Phi) is 5.90. The van der Waals surface area contributed by atoms with E-state index in [0.717, 1.165) is 0 Å². The predicted molar refractivity (Wildman–Crippen MR) is 105 cm³/mol. The molecule has 1 saturated heterocycles. The van der Waals surface area contributed by atoms with Crippen LogP contribution in [0.25, 0.3) is 5.70 Å². The maximum Gasteiger partial charge on any atom is 0.254 e. The fraction of sp³-hybridized carbons (Fsp3) is 0.421. The Labute approximate surface area is 159 Å². The third-order valence-corrected chi connectivity index (χ3v) is 4.56. The van der Waals surface area contributed by atoms with Gasteiger partial charge in [-0.2, -0.15) is 0 Å². The van der Waals surface area contributed by atoms with Gasteiger partial charge in [-0.15, -0.1) is 0 Å². The van der Waals surface area contributed by atoms with Crippen molar-refractivity contribution in [3.8, 4) is 5.75 Å². The molecule has 0 aliphatic carbocycles. The minimum Gasteiger partial charge on any atom is -0.507 e. The maximum absolute atomic E-state index is 12.4. The number of carbonyl (C=O) groups excluding carboxylic acids is 1. The molecule has 0 saturated carbocycles. The minimum atomic E-state index is -1.42. The lowest BCUT2D eigenvalue weighted by molar-refractivity contribution is -0.152. The lowest BCUT2D eigenvalue weighted by Crippen LogP contribution is -2.58. The second-order valence-electron chi connectivity index (χ2n) is 7.31. The van der Waals surface area contributed by atoms with E-state index in [2.05, 4.69) is 0 Å². The van der Waals surface area contributed by atoms with E-state index in [1.165, 1.54) is 13.8 Å². The molecule has 1 aliphatic heterocycles. The van der Waals surface area contributed by atoms with E-state index in [9.17, 15) is 15.0 Å². The lowest BCUT2D eigenvalue weighted by atomic mass is 10.0. The molecule has 8 N–H and O–H groups in total. The van der Waals surface area contributed by atoms with Gasteiger partial charge in [0.25, 0.3) is 5.91 Å². The minimum absolute atomic E-state index is 0.0650. The number of benzene rings is 1. The highest BCUT2D eigenvalue weighted by molar-refractivity contribution is 5.84. The van der Waals surface area contributed by atoms with Crippen molar-refractivity contribution in [3.63, 3.8) is 0 Å². The highest BCUT2D eigenvalue weighted by Crippen LogP contribution is 2.25. The van der Waals surface area contributed by atoms with E-state index in [-0.39, 0.29) is 23.5 Å². The number of hydrogen-bond donors (Lipinski definition) is 5. The van der Waals surface area contributed by atoms with Crippen LogP contribution in [0.15, 0.2) is 41.9 Å². The molecule has 2 rings (SSSR count). The van der Waals surface area contributed by atoms with Crippen LogP contribution in [0.5, 0.6) is 5.75 Å². The zero-order valence-electron chi connectivity index (χ0n) is 16.0. The average Bonchev–Trinajstić information content (AvgIpc) is 2.58. The molecule has 8 heteroatoms. The molecule has 1 amide bonds. The molecule has 148 valence electrons. The number of aromatic hydroxyl groups is 1. The number of phenols is 1. The number of nitrogens with zero attached hydrogens (tertiary/aromatic N) is 2. The van der Waals surface area contributed by atoms with Crippen LogP contribution < -0.4 is 17.2 Å². The van der Waals surface area contributed by atoms with E-state index >= 15 is 0 Å². The van der Waals surface area contributed by atoms with Crippen LogP contribution in [0.3, 0.4) is 0 Å². The summed E-state index contributed by atoms with van der Waals surface area (Å²) in [4.78, 5) is 16.0. The summed E-state index contributed by atoms with van der Waals surface area (Å²) in [7, 11) is 0. The number of amides is 1. The number of phenolic OH excluding ortho intramolecular Hbond substituents is 1. The fourth-order valence-corrected chi connectivity index (χ4v) is 3.13. The van der Waals surface area contributed by atoms with Crippen LogP contribution in [0.1, 0.15) is 26.3 Å². The van der Waals surface area contributed by atoms with Crippen LogP contribution in [0.2, 0.25) is 0 Å². The first-order valence-corrected chi connectivity index (χ1v) is 8.81. The monoisotopic (exact) mass is 375 g/mol. The summed E-state index contributed by atoms with van der Waals surface area (Å²) in [5.41, 5.74) is 17.8. The largest absolute Gasteiger partial charge is 0.507 e. The number of aliphatic hydroxyl groups is 1. The van der Waals surface area contributed by atoms with Crippen LogP contribution in [-0.2, 0) is 4.79 Å². The Morgan fingerprint density at radius 2 is 1.85 bits per heavy atom. The van der Waals surface area contributed by atoms with Crippen molar-refractivity contribution >= 4 is 11.6 Å². The Hall–Kier alpha value is -2.87. The number of para-hydroxylation sites is 1. The zero-order chi connectivity index (χ0) is 20.4. The summed E-state index contributed by atoms with van der Waals surface area (Å²) in [5, 5.41) is 20.0. The van der Waals surface area contributed by atoms with Crippen molar-refractivity contribution in [1.29, 1.82) is 0 Å². The van der Waals surface area contributed by atoms with Crippen molar-refractivity contribution in [2.45, 2.75) is 32.4 Å². The average molecular weight is 375 g/mol. The molecule has 1 aliphatic rings. The molecule has 1 fully saturated rings. The fourth-order valence-electron chi connectivity index (χ4n) is 3.13. The SMILES string of the molecule is CC1CN(C(/C=C(\N)c2ccccc2O)=C(N)N)CCN1C(=O)C(C)(C)O. The Morgan fingerprint density at radius 1 is 1.22 bits per heavy atom. The summed E-state index contributed by atoms with van der Waals surface area (Å²) >= 11 is 0. The number of piperazine rings is 1. The van der Waals surface area contributed by atoms with Crippen LogP contribution in [-0.4, -0.2) is 57.2 Å². The van der Waals surface area contributed by atoms with Gasteiger partial charge in [-0.25, -0.2) is 0 Å². The van der Waals surface area contributed by atoms with Gasteiger partial charge in [0.1, 0.15) is 17.2 Å². The molecule has 8 nitrogen and oxygen atoms in total.